The second kappa shape index (κ2) is 4.49. The Balaban J connectivity index is 1.94. The zero-order chi connectivity index (χ0) is 12.5. The number of hydrogen-bond acceptors (Lipinski definition) is 2. The van der Waals surface area contributed by atoms with Crippen molar-refractivity contribution in [1.82, 2.24) is 4.90 Å². The Hall–Kier alpha value is -1.75. The van der Waals surface area contributed by atoms with Crippen LogP contribution in [0.3, 0.4) is 0 Å². The summed E-state index contributed by atoms with van der Waals surface area (Å²) < 4.78 is 0. The Labute approximate surface area is 109 Å². The van der Waals surface area contributed by atoms with E-state index in [9.17, 15) is 5.26 Å². The molecular weight excluding hydrogens is 220 g/mol. The van der Waals surface area contributed by atoms with E-state index in [1.54, 1.807) is 0 Å². The third kappa shape index (κ3) is 1.80. The molecule has 2 heteroatoms. The van der Waals surface area contributed by atoms with E-state index in [2.05, 4.69) is 48.2 Å². The van der Waals surface area contributed by atoms with E-state index in [-0.39, 0.29) is 0 Å². The van der Waals surface area contributed by atoms with Crippen LogP contribution in [0.2, 0.25) is 0 Å². The molecule has 18 heavy (non-hydrogen) atoms. The summed E-state index contributed by atoms with van der Waals surface area (Å²) in [6, 6.07) is 14.0. The van der Waals surface area contributed by atoms with Crippen molar-refractivity contribution >= 4 is 0 Å². The van der Waals surface area contributed by atoms with Crippen molar-refractivity contribution in [3.8, 4) is 6.07 Å². The molecule has 1 aromatic carbocycles. The molecule has 3 rings (SSSR count). The van der Waals surface area contributed by atoms with E-state index in [4.69, 9.17) is 0 Å². The first kappa shape index (κ1) is 11.3. The quantitative estimate of drug-likeness (QED) is 0.749. The molecule has 1 fully saturated rings. The first-order chi connectivity index (χ1) is 8.79. The van der Waals surface area contributed by atoms with E-state index in [0.717, 1.165) is 12.1 Å². The van der Waals surface area contributed by atoms with Crippen LogP contribution in [-0.2, 0) is 0 Å². The summed E-state index contributed by atoms with van der Waals surface area (Å²) in [6.07, 6.45) is 5.75. The fourth-order valence-corrected chi connectivity index (χ4v) is 3.40. The number of allylic oxidation sites excluding steroid dienone is 2. The summed E-state index contributed by atoms with van der Waals surface area (Å²) in [5, 5.41) is 9.36. The molecule has 0 bridgehead atoms. The number of nitrogens with zero attached hydrogens (tertiary/aromatic N) is 2. The first-order valence-corrected chi connectivity index (χ1v) is 6.75. The molecule has 0 aliphatic carbocycles. The highest BCUT2D eigenvalue weighted by molar-refractivity contribution is 5.34. The SMILES string of the molecule is C[C@H]1CC[C@H]2C[C@H](c3ccccc3)C=C(C#N)N21. The Morgan fingerprint density at radius 1 is 1.22 bits per heavy atom. The van der Waals surface area contributed by atoms with Gasteiger partial charge in [0.15, 0.2) is 0 Å². The van der Waals surface area contributed by atoms with Gasteiger partial charge < -0.3 is 4.90 Å². The normalized spacial score (nSPS) is 30.6. The number of benzene rings is 1. The van der Waals surface area contributed by atoms with Gasteiger partial charge in [-0.15, -0.1) is 0 Å². The van der Waals surface area contributed by atoms with Crippen molar-refractivity contribution in [2.45, 2.75) is 44.2 Å². The van der Waals surface area contributed by atoms with Crippen LogP contribution in [0.4, 0.5) is 0 Å². The Bertz CT molecular complexity index is 498. The smallest absolute Gasteiger partial charge is 0.117 e. The lowest BCUT2D eigenvalue weighted by Gasteiger charge is -2.36. The maximum absolute atomic E-state index is 9.36. The second-order valence-corrected chi connectivity index (χ2v) is 5.40. The zero-order valence-electron chi connectivity index (χ0n) is 10.7. The van der Waals surface area contributed by atoms with E-state index in [0.29, 0.717) is 18.0 Å². The molecule has 0 aromatic heterocycles. The molecule has 2 aliphatic rings. The predicted octanol–water partition coefficient (Wildman–Crippen LogP) is 3.43. The van der Waals surface area contributed by atoms with Crippen molar-refractivity contribution in [3.05, 3.63) is 47.7 Å². The van der Waals surface area contributed by atoms with Gasteiger partial charge in [0.25, 0.3) is 0 Å². The standard InChI is InChI=1S/C16H18N2/c1-12-7-8-15-9-14(10-16(11-17)18(12)15)13-5-3-2-4-6-13/h2-6,10,12,14-15H,7-9H2,1H3/t12-,14-,15-/m0/s1. The topological polar surface area (TPSA) is 27.0 Å². The minimum atomic E-state index is 0.410. The molecule has 0 unspecified atom stereocenters. The van der Waals surface area contributed by atoms with Crippen LogP contribution in [0.1, 0.15) is 37.7 Å². The number of nitriles is 1. The third-order valence-electron chi connectivity index (χ3n) is 4.29. The fourth-order valence-electron chi connectivity index (χ4n) is 3.40. The lowest BCUT2D eigenvalue weighted by atomic mass is 9.87. The van der Waals surface area contributed by atoms with Crippen molar-refractivity contribution in [3.63, 3.8) is 0 Å². The lowest BCUT2D eigenvalue weighted by Crippen LogP contribution is -2.37. The highest BCUT2D eigenvalue weighted by Crippen LogP contribution is 2.39. The zero-order valence-corrected chi connectivity index (χ0v) is 10.7. The molecule has 2 heterocycles. The summed E-state index contributed by atoms with van der Waals surface area (Å²) in [7, 11) is 0. The van der Waals surface area contributed by atoms with E-state index < -0.39 is 0 Å². The summed E-state index contributed by atoms with van der Waals surface area (Å²) in [5.74, 6) is 0.410. The molecule has 2 nitrogen and oxygen atoms in total. The van der Waals surface area contributed by atoms with Crippen molar-refractivity contribution in [2.75, 3.05) is 0 Å². The maximum Gasteiger partial charge on any atom is 0.117 e. The van der Waals surface area contributed by atoms with Crippen LogP contribution in [-0.4, -0.2) is 17.0 Å². The third-order valence-corrected chi connectivity index (χ3v) is 4.29. The Morgan fingerprint density at radius 2 is 2.00 bits per heavy atom. The molecule has 0 radical (unpaired) electrons. The Kier molecular flexibility index (Phi) is 2.83. The highest BCUT2D eigenvalue weighted by Gasteiger charge is 2.37. The molecule has 0 saturated carbocycles. The molecule has 3 atom stereocenters. The van der Waals surface area contributed by atoms with Gasteiger partial charge in [0.2, 0.25) is 0 Å². The monoisotopic (exact) mass is 238 g/mol. The van der Waals surface area contributed by atoms with E-state index >= 15 is 0 Å². The van der Waals surface area contributed by atoms with Gasteiger partial charge in [0, 0.05) is 18.0 Å². The van der Waals surface area contributed by atoms with Gasteiger partial charge >= 0.3 is 0 Å². The van der Waals surface area contributed by atoms with Gasteiger partial charge in [-0.1, -0.05) is 30.3 Å². The largest absolute Gasteiger partial charge is 0.358 e. The average Bonchev–Trinajstić information content (AvgIpc) is 2.81. The van der Waals surface area contributed by atoms with Gasteiger partial charge in [-0.05, 0) is 37.8 Å². The predicted molar refractivity (Wildman–Crippen MR) is 71.8 cm³/mol. The molecule has 0 spiro atoms. The van der Waals surface area contributed by atoms with Crippen LogP contribution >= 0.6 is 0 Å². The molecule has 92 valence electrons. The molecular formula is C16H18N2. The summed E-state index contributed by atoms with van der Waals surface area (Å²) in [6.45, 7) is 2.23. The number of fused-ring (bicyclic) bond motifs is 1. The summed E-state index contributed by atoms with van der Waals surface area (Å²) in [5.41, 5.74) is 2.22. The first-order valence-electron chi connectivity index (χ1n) is 6.75. The number of rotatable bonds is 1. The van der Waals surface area contributed by atoms with Crippen molar-refractivity contribution in [1.29, 1.82) is 5.26 Å². The van der Waals surface area contributed by atoms with E-state index in [1.165, 1.54) is 18.4 Å². The second-order valence-electron chi connectivity index (χ2n) is 5.40. The average molecular weight is 238 g/mol. The van der Waals surface area contributed by atoms with Gasteiger partial charge in [0.1, 0.15) is 11.8 Å². The van der Waals surface area contributed by atoms with Crippen LogP contribution < -0.4 is 0 Å². The van der Waals surface area contributed by atoms with Gasteiger partial charge in [0.05, 0.1) is 0 Å². The Morgan fingerprint density at radius 3 is 2.72 bits per heavy atom. The lowest BCUT2D eigenvalue weighted by molar-refractivity contribution is 0.240. The molecule has 0 amide bonds. The van der Waals surface area contributed by atoms with Gasteiger partial charge in [-0.3, -0.25) is 0 Å². The molecule has 2 aliphatic heterocycles. The van der Waals surface area contributed by atoms with Crippen LogP contribution in [0.15, 0.2) is 42.1 Å². The summed E-state index contributed by atoms with van der Waals surface area (Å²) in [4.78, 5) is 2.33. The molecule has 1 aromatic rings. The van der Waals surface area contributed by atoms with Crippen molar-refractivity contribution < 1.29 is 0 Å². The maximum atomic E-state index is 9.36. The minimum Gasteiger partial charge on any atom is -0.358 e. The van der Waals surface area contributed by atoms with Crippen molar-refractivity contribution in [2.24, 2.45) is 0 Å². The summed E-state index contributed by atoms with van der Waals surface area (Å²) >= 11 is 0. The van der Waals surface area contributed by atoms with E-state index in [1.807, 2.05) is 6.07 Å². The highest BCUT2D eigenvalue weighted by atomic mass is 15.2. The van der Waals surface area contributed by atoms with Crippen LogP contribution in [0.25, 0.3) is 0 Å². The van der Waals surface area contributed by atoms with Gasteiger partial charge in [-0.2, -0.15) is 5.26 Å². The molecule has 1 saturated heterocycles. The number of hydrogen-bond donors (Lipinski definition) is 0. The van der Waals surface area contributed by atoms with Crippen LogP contribution in [0, 0.1) is 11.3 Å². The molecule has 0 N–H and O–H groups in total. The fraction of sp³-hybridized carbons (Fsp3) is 0.438. The van der Waals surface area contributed by atoms with Crippen LogP contribution in [0.5, 0.6) is 0 Å². The van der Waals surface area contributed by atoms with Gasteiger partial charge in [-0.25, -0.2) is 0 Å². The minimum absolute atomic E-state index is 0.410.